The molecule has 0 saturated carbocycles. The molecule has 96 valence electrons. The van der Waals surface area contributed by atoms with Gasteiger partial charge in [0.15, 0.2) is 0 Å². The number of rotatable bonds is 4. The Bertz CT molecular complexity index is 211. The molecule has 0 radical (unpaired) electrons. The van der Waals surface area contributed by atoms with E-state index in [4.69, 9.17) is 11.5 Å². The molecular weight excluding hydrogens is 200 g/mol. The summed E-state index contributed by atoms with van der Waals surface area (Å²) in [6, 6.07) is -0.181. The van der Waals surface area contributed by atoms with E-state index in [9.17, 15) is 4.79 Å². The van der Waals surface area contributed by atoms with Gasteiger partial charge in [-0.2, -0.15) is 0 Å². The van der Waals surface area contributed by atoms with Crippen LogP contribution in [0.3, 0.4) is 0 Å². The molecule has 0 heterocycles. The summed E-state index contributed by atoms with van der Waals surface area (Å²) in [7, 11) is 0. The van der Waals surface area contributed by atoms with Crippen LogP contribution in [0.4, 0.5) is 0 Å². The summed E-state index contributed by atoms with van der Waals surface area (Å²) in [6.07, 6.45) is 0.848. The van der Waals surface area contributed by atoms with Gasteiger partial charge in [-0.15, -0.1) is 0 Å². The number of Topliss-reactive ketones (excluding diaryl/α,β-unsaturated/α-hetero) is 1. The number of hydrogen-bond acceptors (Lipinski definition) is 3. The highest BCUT2D eigenvalue weighted by atomic mass is 16.1. The number of hydrogen-bond donors (Lipinski definition) is 2. The van der Waals surface area contributed by atoms with Crippen molar-refractivity contribution in [2.75, 3.05) is 0 Å². The third-order valence-corrected chi connectivity index (χ3v) is 3.12. The molecule has 0 spiro atoms. The van der Waals surface area contributed by atoms with E-state index in [-0.39, 0.29) is 28.7 Å². The van der Waals surface area contributed by atoms with E-state index < -0.39 is 0 Å². The van der Waals surface area contributed by atoms with Gasteiger partial charge in [0.25, 0.3) is 0 Å². The summed E-state index contributed by atoms with van der Waals surface area (Å²) in [4.78, 5) is 11.8. The zero-order chi connectivity index (χ0) is 13.1. The lowest BCUT2D eigenvalue weighted by Gasteiger charge is -2.29. The van der Waals surface area contributed by atoms with E-state index in [0.717, 1.165) is 0 Å². The van der Waals surface area contributed by atoms with Crippen LogP contribution in [0, 0.1) is 10.8 Å². The van der Waals surface area contributed by atoms with Gasteiger partial charge in [0.1, 0.15) is 5.78 Å². The van der Waals surface area contributed by atoms with Crippen LogP contribution in [-0.2, 0) is 4.79 Å². The SMILES string of the molecule is CC(C)(C)C(N)CC(=O)CC(N)C(C)(C)C. The second-order valence-corrected chi connectivity index (χ2v) is 6.89. The molecular formula is C13H28N2O. The van der Waals surface area contributed by atoms with Crippen molar-refractivity contribution < 1.29 is 4.79 Å². The maximum Gasteiger partial charge on any atom is 0.136 e. The monoisotopic (exact) mass is 228 g/mol. The van der Waals surface area contributed by atoms with Crippen molar-refractivity contribution in [1.29, 1.82) is 0 Å². The molecule has 16 heavy (non-hydrogen) atoms. The van der Waals surface area contributed by atoms with Crippen molar-refractivity contribution in [3.8, 4) is 0 Å². The maximum atomic E-state index is 11.8. The zero-order valence-electron chi connectivity index (χ0n) is 11.6. The Morgan fingerprint density at radius 3 is 1.31 bits per heavy atom. The third-order valence-electron chi connectivity index (χ3n) is 3.12. The minimum Gasteiger partial charge on any atom is -0.327 e. The van der Waals surface area contributed by atoms with Crippen molar-refractivity contribution in [3.05, 3.63) is 0 Å². The molecule has 2 atom stereocenters. The number of carbonyl (C=O) groups is 1. The fraction of sp³-hybridized carbons (Fsp3) is 0.923. The van der Waals surface area contributed by atoms with Crippen molar-refractivity contribution in [3.63, 3.8) is 0 Å². The number of ketones is 1. The smallest absolute Gasteiger partial charge is 0.136 e. The van der Waals surface area contributed by atoms with Crippen molar-refractivity contribution in [2.24, 2.45) is 22.3 Å². The molecule has 4 N–H and O–H groups in total. The van der Waals surface area contributed by atoms with Crippen molar-refractivity contribution >= 4 is 5.78 Å². The minimum atomic E-state index is -0.0906. The van der Waals surface area contributed by atoms with Gasteiger partial charge in [-0.25, -0.2) is 0 Å². The second kappa shape index (κ2) is 5.28. The Hall–Kier alpha value is -0.410. The Labute approximate surface area is 100.0 Å². The van der Waals surface area contributed by atoms with Gasteiger partial charge in [0.2, 0.25) is 0 Å². The summed E-state index contributed by atoms with van der Waals surface area (Å²) in [6.45, 7) is 12.3. The lowest BCUT2D eigenvalue weighted by molar-refractivity contribution is -0.120. The van der Waals surface area contributed by atoms with E-state index in [2.05, 4.69) is 41.5 Å². The summed E-state index contributed by atoms with van der Waals surface area (Å²) < 4.78 is 0. The quantitative estimate of drug-likeness (QED) is 0.774. The molecule has 0 aliphatic rings. The summed E-state index contributed by atoms with van der Waals surface area (Å²) >= 11 is 0. The number of carbonyl (C=O) groups excluding carboxylic acids is 1. The molecule has 3 heteroatoms. The summed E-state index contributed by atoms with van der Waals surface area (Å²) in [5.41, 5.74) is 11.9. The molecule has 0 amide bonds. The highest BCUT2D eigenvalue weighted by molar-refractivity contribution is 5.79. The van der Waals surface area contributed by atoms with Gasteiger partial charge in [-0.1, -0.05) is 41.5 Å². The Kier molecular flexibility index (Phi) is 5.15. The second-order valence-electron chi connectivity index (χ2n) is 6.89. The highest BCUT2D eigenvalue weighted by Crippen LogP contribution is 2.23. The first-order chi connectivity index (χ1) is 6.94. The Balaban J connectivity index is 4.21. The lowest BCUT2D eigenvalue weighted by atomic mass is 9.81. The predicted octanol–water partition coefficient (Wildman–Crippen LogP) is 2.08. The van der Waals surface area contributed by atoms with Crippen molar-refractivity contribution in [2.45, 2.75) is 66.5 Å². The van der Waals surface area contributed by atoms with Gasteiger partial charge in [0, 0.05) is 24.9 Å². The zero-order valence-corrected chi connectivity index (χ0v) is 11.6. The summed E-state index contributed by atoms with van der Waals surface area (Å²) in [5, 5.41) is 0. The van der Waals surface area contributed by atoms with Crippen LogP contribution in [-0.4, -0.2) is 17.9 Å². The van der Waals surface area contributed by atoms with Crippen molar-refractivity contribution in [1.82, 2.24) is 0 Å². The average Bonchev–Trinajstić information content (AvgIpc) is 1.99. The molecule has 0 bridgehead atoms. The van der Waals surface area contributed by atoms with Gasteiger partial charge in [0.05, 0.1) is 0 Å². The van der Waals surface area contributed by atoms with Gasteiger partial charge >= 0.3 is 0 Å². The van der Waals surface area contributed by atoms with Crippen LogP contribution in [0.1, 0.15) is 54.4 Å². The van der Waals surface area contributed by atoms with E-state index >= 15 is 0 Å². The van der Waals surface area contributed by atoms with Crippen LogP contribution in [0.15, 0.2) is 0 Å². The lowest BCUT2D eigenvalue weighted by Crippen LogP contribution is -2.40. The van der Waals surface area contributed by atoms with Crippen LogP contribution in [0.2, 0.25) is 0 Å². The normalized spacial score (nSPS) is 17.0. The fourth-order valence-electron chi connectivity index (χ4n) is 1.19. The van der Waals surface area contributed by atoms with E-state index in [1.54, 1.807) is 0 Å². The topological polar surface area (TPSA) is 69.1 Å². The Morgan fingerprint density at radius 2 is 1.12 bits per heavy atom. The van der Waals surface area contributed by atoms with Gasteiger partial charge in [-0.05, 0) is 10.8 Å². The first-order valence-corrected chi connectivity index (χ1v) is 5.97. The number of nitrogens with two attached hydrogens (primary N) is 2. The first-order valence-electron chi connectivity index (χ1n) is 5.97. The molecule has 3 nitrogen and oxygen atoms in total. The maximum absolute atomic E-state index is 11.8. The van der Waals surface area contributed by atoms with Gasteiger partial charge in [-0.3, -0.25) is 4.79 Å². The van der Waals surface area contributed by atoms with E-state index in [1.807, 2.05) is 0 Å². The summed E-state index contributed by atoms with van der Waals surface area (Å²) in [5.74, 6) is 0.171. The molecule has 0 aliphatic carbocycles. The fourth-order valence-corrected chi connectivity index (χ4v) is 1.19. The first kappa shape index (κ1) is 15.6. The van der Waals surface area contributed by atoms with Gasteiger partial charge < -0.3 is 11.5 Å². The molecule has 0 fully saturated rings. The standard InChI is InChI=1S/C13H28N2O/c1-12(2,3)10(14)7-9(16)8-11(15)13(4,5)6/h10-11H,7-8,14-15H2,1-6H3. The highest BCUT2D eigenvalue weighted by Gasteiger charge is 2.27. The van der Waals surface area contributed by atoms with Crippen LogP contribution in [0.25, 0.3) is 0 Å². The molecule has 0 saturated heterocycles. The van der Waals surface area contributed by atoms with Crippen LogP contribution >= 0.6 is 0 Å². The molecule has 0 aromatic rings. The van der Waals surface area contributed by atoms with E-state index in [0.29, 0.717) is 12.8 Å². The minimum absolute atomic E-state index is 0.0263. The van der Waals surface area contributed by atoms with Crippen LogP contribution < -0.4 is 11.5 Å². The largest absolute Gasteiger partial charge is 0.327 e. The molecule has 2 unspecified atom stereocenters. The molecule has 0 aliphatic heterocycles. The predicted molar refractivity (Wildman–Crippen MR) is 69.1 cm³/mol. The van der Waals surface area contributed by atoms with E-state index in [1.165, 1.54) is 0 Å². The average molecular weight is 228 g/mol. The Morgan fingerprint density at radius 1 is 0.875 bits per heavy atom. The third kappa shape index (κ3) is 5.61. The van der Waals surface area contributed by atoms with Crippen LogP contribution in [0.5, 0.6) is 0 Å². The molecule has 0 aromatic heterocycles. The molecule has 0 aromatic carbocycles. The molecule has 0 rings (SSSR count).